The Balaban J connectivity index is 1.73. The van der Waals surface area contributed by atoms with Gasteiger partial charge in [-0.3, -0.25) is 9.59 Å². The Hall–Kier alpha value is -3.16. The minimum Gasteiger partial charge on any atom is -0.484 e. The predicted molar refractivity (Wildman–Crippen MR) is 119 cm³/mol. The second-order valence-electron chi connectivity index (χ2n) is 8.21. The largest absolute Gasteiger partial charge is 0.484 e. The number of likely N-dealkylation sites (tertiary alicyclic amines) is 1. The third-order valence-corrected chi connectivity index (χ3v) is 5.45. The number of carbonyl (C=O) groups excluding carboxylic acids is 2. The van der Waals surface area contributed by atoms with Crippen molar-refractivity contribution in [1.29, 1.82) is 0 Å². The zero-order valence-electron chi connectivity index (χ0n) is 19.0. The number of carbonyl (C=O) groups is 2. The number of nitrogens with zero attached hydrogens (tertiary/aromatic N) is 5. The molecule has 1 aromatic heterocycles. The first-order valence-electron chi connectivity index (χ1n) is 10.5. The summed E-state index contributed by atoms with van der Waals surface area (Å²) in [4.78, 5) is 39.6. The quantitative estimate of drug-likeness (QED) is 0.708. The van der Waals surface area contributed by atoms with E-state index in [2.05, 4.69) is 9.97 Å². The van der Waals surface area contributed by atoms with Crippen molar-refractivity contribution in [1.82, 2.24) is 19.8 Å². The topological polar surface area (TPSA) is 78.9 Å². The Kier molecular flexibility index (Phi) is 7.09. The van der Waals surface area contributed by atoms with Crippen LogP contribution in [0.15, 0.2) is 30.5 Å². The lowest BCUT2D eigenvalue weighted by Gasteiger charge is -2.34. The van der Waals surface area contributed by atoms with Crippen molar-refractivity contribution in [2.45, 2.75) is 32.2 Å². The van der Waals surface area contributed by atoms with Gasteiger partial charge in [0.25, 0.3) is 11.8 Å². The summed E-state index contributed by atoms with van der Waals surface area (Å²) in [6.45, 7) is 2.41. The predicted octanol–water partition coefficient (Wildman–Crippen LogP) is 2.69. The maximum absolute atomic E-state index is 13.0. The van der Waals surface area contributed by atoms with Crippen LogP contribution in [0.2, 0.25) is 0 Å². The number of rotatable bonds is 6. The average Bonchev–Trinajstić information content (AvgIpc) is 2.77. The molecule has 2 amide bonds. The van der Waals surface area contributed by atoms with Gasteiger partial charge in [-0.15, -0.1) is 0 Å². The second kappa shape index (κ2) is 9.76. The molecule has 1 saturated heterocycles. The molecule has 2 aromatic rings. The fraction of sp³-hybridized carbons (Fsp3) is 0.478. The highest BCUT2D eigenvalue weighted by atomic mass is 16.5. The molecule has 0 radical (unpaired) electrons. The zero-order valence-corrected chi connectivity index (χ0v) is 19.0. The second-order valence-corrected chi connectivity index (χ2v) is 8.21. The van der Waals surface area contributed by atoms with Crippen LogP contribution in [0.1, 0.15) is 47.2 Å². The molecule has 3 rings (SSSR count). The van der Waals surface area contributed by atoms with Crippen LogP contribution in [0.25, 0.3) is 0 Å². The Morgan fingerprint density at radius 1 is 1.19 bits per heavy atom. The first kappa shape index (κ1) is 22.5. The van der Waals surface area contributed by atoms with Crippen molar-refractivity contribution in [3.8, 4) is 5.75 Å². The van der Waals surface area contributed by atoms with Gasteiger partial charge in [-0.05, 0) is 38.3 Å². The number of aryl methyl sites for hydroxylation is 1. The Bertz CT molecular complexity index is 945. The number of hydrogen-bond donors (Lipinski definition) is 0. The molecular weight excluding hydrogens is 394 g/mol. The van der Waals surface area contributed by atoms with Gasteiger partial charge in [0.15, 0.2) is 12.4 Å². The number of piperidine rings is 1. The van der Waals surface area contributed by atoms with Crippen molar-refractivity contribution >= 4 is 17.5 Å². The Morgan fingerprint density at radius 2 is 1.97 bits per heavy atom. The minimum absolute atomic E-state index is 0.0381. The lowest BCUT2D eigenvalue weighted by Crippen LogP contribution is -2.42. The highest BCUT2D eigenvalue weighted by Gasteiger charge is 2.31. The summed E-state index contributed by atoms with van der Waals surface area (Å²) in [5, 5.41) is 0. The molecule has 1 aliphatic rings. The van der Waals surface area contributed by atoms with E-state index in [0.717, 1.165) is 24.9 Å². The molecule has 0 aliphatic carbocycles. The summed E-state index contributed by atoms with van der Waals surface area (Å²) >= 11 is 0. The molecule has 0 unspecified atom stereocenters. The molecule has 0 spiro atoms. The van der Waals surface area contributed by atoms with Crippen LogP contribution in [0.5, 0.6) is 5.75 Å². The van der Waals surface area contributed by atoms with Gasteiger partial charge in [0.05, 0.1) is 17.3 Å². The highest BCUT2D eigenvalue weighted by Crippen LogP contribution is 2.29. The van der Waals surface area contributed by atoms with E-state index >= 15 is 0 Å². The number of aromatic nitrogens is 2. The van der Waals surface area contributed by atoms with E-state index in [1.165, 1.54) is 4.90 Å². The van der Waals surface area contributed by atoms with Crippen molar-refractivity contribution in [3.05, 3.63) is 47.5 Å². The Labute approximate surface area is 183 Å². The molecule has 31 heavy (non-hydrogen) atoms. The van der Waals surface area contributed by atoms with Crippen LogP contribution in [0, 0.1) is 6.92 Å². The van der Waals surface area contributed by atoms with Gasteiger partial charge in [0.1, 0.15) is 5.75 Å². The van der Waals surface area contributed by atoms with Gasteiger partial charge in [0, 0.05) is 52.7 Å². The summed E-state index contributed by atoms with van der Waals surface area (Å²) in [7, 11) is 7.32. The summed E-state index contributed by atoms with van der Waals surface area (Å²) in [6, 6.07) is 7.45. The van der Waals surface area contributed by atoms with Crippen molar-refractivity contribution < 1.29 is 14.3 Å². The summed E-state index contributed by atoms with van der Waals surface area (Å²) in [5.41, 5.74) is 2.11. The molecule has 2 heterocycles. The summed E-state index contributed by atoms with van der Waals surface area (Å²) < 4.78 is 5.79. The molecule has 1 aliphatic heterocycles. The van der Waals surface area contributed by atoms with E-state index in [1.54, 1.807) is 27.2 Å². The molecule has 166 valence electrons. The maximum atomic E-state index is 13.0. The molecule has 8 nitrogen and oxygen atoms in total. The molecule has 1 fully saturated rings. The van der Waals surface area contributed by atoms with E-state index < -0.39 is 0 Å². The maximum Gasteiger partial charge on any atom is 0.261 e. The van der Waals surface area contributed by atoms with Gasteiger partial charge in [0.2, 0.25) is 0 Å². The van der Waals surface area contributed by atoms with Gasteiger partial charge in [-0.1, -0.05) is 6.07 Å². The van der Waals surface area contributed by atoms with Crippen LogP contribution in [-0.4, -0.2) is 72.9 Å². The molecule has 1 atom stereocenters. The van der Waals surface area contributed by atoms with E-state index in [0.29, 0.717) is 29.4 Å². The smallest absolute Gasteiger partial charge is 0.261 e. The van der Waals surface area contributed by atoms with Gasteiger partial charge < -0.3 is 19.4 Å². The number of amides is 2. The number of ether oxygens (including phenoxy) is 1. The van der Waals surface area contributed by atoms with E-state index in [-0.39, 0.29) is 24.5 Å². The Morgan fingerprint density at radius 3 is 2.65 bits per heavy atom. The van der Waals surface area contributed by atoms with Crippen LogP contribution in [-0.2, 0) is 4.79 Å². The van der Waals surface area contributed by atoms with Crippen molar-refractivity contribution in [3.63, 3.8) is 0 Å². The normalized spacial score (nSPS) is 16.0. The van der Waals surface area contributed by atoms with Gasteiger partial charge in [-0.2, -0.15) is 0 Å². The van der Waals surface area contributed by atoms with E-state index in [4.69, 9.17) is 4.74 Å². The van der Waals surface area contributed by atoms with Crippen LogP contribution in [0.4, 0.5) is 5.69 Å². The minimum atomic E-state index is -0.208. The monoisotopic (exact) mass is 425 g/mol. The molecule has 0 saturated carbocycles. The third kappa shape index (κ3) is 5.31. The SMILES string of the molecule is Cc1nc([C@@H]2CCCCN2C(=O)COc2cccc(N(C)C)c2)ncc1C(=O)N(C)C. The van der Waals surface area contributed by atoms with Gasteiger partial charge >= 0.3 is 0 Å². The standard InChI is InChI=1S/C23H31N5O3/c1-16-19(23(30)27(4)5)14-24-22(25-16)20-11-6-7-12-28(20)21(29)15-31-18-10-8-9-17(13-18)26(2)3/h8-10,13-14,20H,6-7,11-12,15H2,1-5H3/t20-/m0/s1. The first-order chi connectivity index (χ1) is 14.8. The van der Waals surface area contributed by atoms with Crippen molar-refractivity contribution in [2.24, 2.45) is 0 Å². The zero-order chi connectivity index (χ0) is 22.5. The molecule has 1 aromatic carbocycles. The fourth-order valence-corrected chi connectivity index (χ4v) is 3.67. The molecule has 0 N–H and O–H groups in total. The number of anilines is 1. The average molecular weight is 426 g/mol. The summed E-state index contributed by atoms with van der Waals surface area (Å²) in [6.07, 6.45) is 4.30. The lowest BCUT2D eigenvalue weighted by molar-refractivity contribution is -0.137. The molecule has 8 heteroatoms. The van der Waals surface area contributed by atoms with Crippen molar-refractivity contribution in [2.75, 3.05) is 46.2 Å². The highest BCUT2D eigenvalue weighted by molar-refractivity contribution is 5.94. The number of benzene rings is 1. The van der Waals surface area contributed by atoms with Crippen LogP contribution < -0.4 is 9.64 Å². The lowest BCUT2D eigenvalue weighted by atomic mass is 10.0. The van der Waals surface area contributed by atoms with Crippen LogP contribution >= 0.6 is 0 Å². The number of hydrogen-bond acceptors (Lipinski definition) is 6. The third-order valence-electron chi connectivity index (χ3n) is 5.45. The van der Waals surface area contributed by atoms with E-state index in [1.807, 2.05) is 48.2 Å². The summed E-state index contributed by atoms with van der Waals surface area (Å²) in [5.74, 6) is 1.02. The van der Waals surface area contributed by atoms with Gasteiger partial charge in [-0.25, -0.2) is 9.97 Å². The van der Waals surface area contributed by atoms with E-state index in [9.17, 15) is 9.59 Å². The first-order valence-corrected chi connectivity index (χ1v) is 10.5. The fourth-order valence-electron chi connectivity index (χ4n) is 3.67. The molecular formula is C23H31N5O3. The van der Waals surface area contributed by atoms with Crippen LogP contribution in [0.3, 0.4) is 0 Å². The molecule has 0 bridgehead atoms.